The molecule has 1 heteroatoms. The van der Waals surface area contributed by atoms with Crippen molar-refractivity contribution < 1.29 is 4.74 Å². The van der Waals surface area contributed by atoms with Crippen molar-refractivity contribution in [2.45, 2.75) is 116 Å². The number of benzene rings is 2. The Bertz CT molecular complexity index is 733. The van der Waals surface area contributed by atoms with Crippen LogP contribution in [0.4, 0.5) is 0 Å². The van der Waals surface area contributed by atoms with Crippen molar-refractivity contribution in [1.82, 2.24) is 0 Å². The minimum absolute atomic E-state index is 0.288. The second-order valence-electron chi connectivity index (χ2n) is 11.2. The van der Waals surface area contributed by atoms with Crippen LogP contribution in [0.5, 0.6) is 0 Å². The summed E-state index contributed by atoms with van der Waals surface area (Å²) in [5, 5.41) is 0. The third-order valence-corrected chi connectivity index (χ3v) is 8.65. The van der Waals surface area contributed by atoms with E-state index >= 15 is 0 Å². The van der Waals surface area contributed by atoms with Crippen LogP contribution in [0.2, 0.25) is 0 Å². The molecule has 1 aliphatic heterocycles. The van der Waals surface area contributed by atoms with E-state index in [1.165, 1.54) is 107 Å². The number of ether oxygens (including phenoxy) is 1. The Morgan fingerprint density at radius 2 is 1.12 bits per heavy atom. The van der Waals surface area contributed by atoms with Crippen LogP contribution in [0.3, 0.4) is 0 Å². The summed E-state index contributed by atoms with van der Waals surface area (Å²) in [7, 11) is 0. The first-order chi connectivity index (χ1) is 16.8. The molecule has 2 aromatic carbocycles. The van der Waals surface area contributed by atoms with Gasteiger partial charge in [0.1, 0.15) is 0 Å². The summed E-state index contributed by atoms with van der Waals surface area (Å²) in [5.74, 6) is 2.53. The third-order valence-electron chi connectivity index (χ3n) is 8.65. The molecular weight excluding hydrogens is 412 g/mol. The highest BCUT2D eigenvalue weighted by Crippen LogP contribution is 2.38. The van der Waals surface area contributed by atoms with Crippen LogP contribution in [0.25, 0.3) is 11.1 Å². The molecule has 2 aliphatic rings. The van der Waals surface area contributed by atoms with Gasteiger partial charge in [0.15, 0.2) is 0 Å². The standard InChI is InChI=1S/C33H48O/c1-3-5-7-9-26-11-14-28(15-12-26)29-16-18-30(19-17-29)31-20-22-32(23-21-31)33-24-13-27(25-34-33)10-8-6-4-2/h16-23,26-28,33H,3-15,24-25H2,1-2H3. The maximum atomic E-state index is 6.27. The molecule has 0 amide bonds. The first-order valence-corrected chi connectivity index (χ1v) is 14.6. The van der Waals surface area contributed by atoms with Crippen molar-refractivity contribution in [3.8, 4) is 11.1 Å². The van der Waals surface area contributed by atoms with Gasteiger partial charge in [-0.25, -0.2) is 0 Å². The van der Waals surface area contributed by atoms with Gasteiger partial charge in [-0.1, -0.05) is 107 Å². The fourth-order valence-electron chi connectivity index (χ4n) is 6.28. The zero-order valence-electron chi connectivity index (χ0n) is 21.9. The first kappa shape index (κ1) is 25.5. The predicted octanol–water partition coefficient (Wildman–Crippen LogP) is 10.3. The molecule has 1 nitrogen and oxygen atoms in total. The van der Waals surface area contributed by atoms with E-state index in [0.29, 0.717) is 0 Å². The zero-order chi connectivity index (χ0) is 23.6. The van der Waals surface area contributed by atoms with E-state index in [9.17, 15) is 0 Å². The molecule has 2 fully saturated rings. The van der Waals surface area contributed by atoms with Crippen LogP contribution < -0.4 is 0 Å². The summed E-state index contributed by atoms with van der Waals surface area (Å²) < 4.78 is 6.27. The molecular formula is C33H48O. The largest absolute Gasteiger partial charge is 0.373 e. The highest BCUT2D eigenvalue weighted by Gasteiger charge is 2.23. The van der Waals surface area contributed by atoms with Gasteiger partial charge in [-0.05, 0) is 85.0 Å². The van der Waals surface area contributed by atoms with Crippen molar-refractivity contribution in [3.05, 3.63) is 59.7 Å². The maximum Gasteiger partial charge on any atom is 0.0825 e. The SMILES string of the molecule is CCCCCC1CCC(c2ccc(-c3ccc(C4CCC(CCCCC)CO4)cc3)cc2)CC1. The summed E-state index contributed by atoms with van der Waals surface area (Å²) in [6.07, 6.45) is 19.4. The zero-order valence-corrected chi connectivity index (χ0v) is 21.9. The lowest BCUT2D eigenvalue weighted by Gasteiger charge is -2.29. The average Bonchev–Trinajstić information content (AvgIpc) is 2.90. The van der Waals surface area contributed by atoms with Gasteiger partial charge in [0.2, 0.25) is 0 Å². The lowest BCUT2D eigenvalue weighted by atomic mass is 9.77. The van der Waals surface area contributed by atoms with Gasteiger partial charge in [0.25, 0.3) is 0 Å². The van der Waals surface area contributed by atoms with Gasteiger partial charge in [-0.15, -0.1) is 0 Å². The molecule has 186 valence electrons. The van der Waals surface area contributed by atoms with E-state index in [2.05, 4.69) is 62.4 Å². The van der Waals surface area contributed by atoms with Crippen LogP contribution >= 0.6 is 0 Å². The van der Waals surface area contributed by atoms with E-state index in [1.807, 2.05) is 0 Å². The Labute approximate surface area is 209 Å². The minimum Gasteiger partial charge on any atom is -0.373 e. The predicted molar refractivity (Wildman–Crippen MR) is 146 cm³/mol. The monoisotopic (exact) mass is 460 g/mol. The molecule has 0 aromatic heterocycles. The topological polar surface area (TPSA) is 9.23 Å². The van der Waals surface area contributed by atoms with Gasteiger partial charge in [0.05, 0.1) is 12.7 Å². The number of rotatable bonds is 11. The Morgan fingerprint density at radius 3 is 1.65 bits per heavy atom. The second kappa shape index (κ2) is 13.5. The highest BCUT2D eigenvalue weighted by atomic mass is 16.5. The molecule has 1 aliphatic carbocycles. The molecule has 34 heavy (non-hydrogen) atoms. The van der Waals surface area contributed by atoms with Crippen LogP contribution in [-0.4, -0.2) is 6.61 Å². The van der Waals surface area contributed by atoms with Crippen molar-refractivity contribution >= 4 is 0 Å². The summed E-state index contributed by atoms with van der Waals surface area (Å²) >= 11 is 0. The summed E-state index contributed by atoms with van der Waals surface area (Å²) in [6, 6.07) is 18.7. The molecule has 0 N–H and O–H groups in total. The number of hydrogen-bond donors (Lipinski definition) is 0. The molecule has 1 saturated heterocycles. The molecule has 0 bridgehead atoms. The van der Waals surface area contributed by atoms with Gasteiger partial charge < -0.3 is 4.74 Å². The van der Waals surface area contributed by atoms with E-state index in [4.69, 9.17) is 4.74 Å². The van der Waals surface area contributed by atoms with Gasteiger partial charge in [0, 0.05) is 0 Å². The van der Waals surface area contributed by atoms with Gasteiger partial charge in [-0.2, -0.15) is 0 Å². The van der Waals surface area contributed by atoms with Gasteiger partial charge >= 0.3 is 0 Å². The normalized spacial score (nSPS) is 25.4. The molecule has 2 unspecified atom stereocenters. The van der Waals surface area contributed by atoms with Crippen molar-refractivity contribution in [2.24, 2.45) is 11.8 Å². The highest BCUT2D eigenvalue weighted by molar-refractivity contribution is 5.64. The summed E-state index contributed by atoms with van der Waals surface area (Å²) in [5.41, 5.74) is 5.56. The van der Waals surface area contributed by atoms with Crippen LogP contribution in [0.1, 0.15) is 127 Å². The molecule has 0 radical (unpaired) electrons. The first-order valence-electron chi connectivity index (χ1n) is 14.6. The molecule has 2 atom stereocenters. The summed E-state index contributed by atoms with van der Waals surface area (Å²) in [6.45, 7) is 5.54. The van der Waals surface area contributed by atoms with Crippen LogP contribution in [0, 0.1) is 11.8 Å². The fourth-order valence-corrected chi connectivity index (χ4v) is 6.28. The van der Waals surface area contributed by atoms with E-state index in [0.717, 1.165) is 24.4 Å². The van der Waals surface area contributed by atoms with Gasteiger partial charge in [-0.3, -0.25) is 0 Å². The van der Waals surface area contributed by atoms with Crippen molar-refractivity contribution in [1.29, 1.82) is 0 Å². The van der Waals surface area contributed by atoms with E-state index < -0.39 is 0 Å². The third kappa shape index (κ3) is 7.20. The average molecular weight is 461 g/mol. The van der Waals surface area contributed by atoms with E-state index in [1.54, 1.807) is 5.56 Å². The van der Waals surface area contributed by atoms with E-state index in [-0.39, 0.29) is 6.10 Å². The Kier molecular flexibility index (Phi) is 10.1. The minimum atomic E-state index is 0.288. The van der Waals surface area contributed by atoms with Crippen LogP contribution in [-0.2, 0) is 4.74 Å². The number of hydrogen-bond acceptors (Lipinski definition) is 1. The van der Waals surface area contributed by atoms with Crippen LogP contribution in [0.15, 0.2) is 48.5 Å². The molecule has 4 rings (SSSR count). The lowest BCUT2D eigenvalue weighted by Crippen LogP contribution is -2.20. The van der Waals surface area contributed by atoms with Crippen molar-refractivity contribution in [2.75, 3.05) is 6.61 Å². The molecule has 0 spiro atoms. The Morgan fingerprint density at radius 1 is 0.588 bits per heavy atom. The quantitative estimate of drug-likeness (QED) is 0.303. The fraction of sp³-hybridized carbons (Fsp3) is 0.636. The molecule has 2 aromatic rings. The Balaban J connectivity index is 1.25. The summed E-state index contributed by atoms with van der Waals surface area (Å²) in [4.78, 5) is 0. The number of unbranched alkanes of at least 4 members (excludes halogenated alkanes) is 4. The molecule has 1 saturated carbocycles. The molecule has 1 heterocycles. The lowest BCUT2D eigenvalue weighted by molar-refractivity contribution is -0.0198. The Hall–Kier alpha value is -1.60. The maximum absolute atomic E-state index is 6.27. The second-order valence-corrected chi connectivity index (χ2v) is 11.2. The smallest absolute Gasteiger partial charge is 0.0825 e. The van der Waals surface area contributed by atoms with Crippen molar-refractivity contribution in [3.63, 3.8) is 0 Å².